The van der Waals surface area contributed by atoms with Gasteiger partial charge in [0.2, 0.25) is 0 Å². The van der Waals surface area contributed by atoms with Gasteiger partial charge in [-0.2, -0.15) is 0 Å². The van der Waals surface area contributed by atoms with Gasteiger partial charge in [-0.25, -0.2) is 0 Å². The minimum absolute atomic E-state index is 0.272. The van der Waals surface area contributed by atoms with E-state index in [0.717, 1.165) is 11.3 Å². The minimum atomic E-state index is -0.272. The molecule has 1 nitrogen and oxygen atoms in total. The fourth-order valence-electron chi connectivity index (χ4n) is 1.02. The number of ether oxygens (including phenoxy) is 1. The zero-order chi connectivity index (χ0) is 9.19. The molecule has 12 heavy (non-hydrogen) atoms. The molecule has 0 fully saturated rings. The number of rotatable bonds is 2. The highest BCUT2D eigenvalue weighted by atomic mass is 16.5. The van der Waals surface area contributed by atoms with E-state index in [1.807, 2.05) is 38.1 Å². The Morgan fingerprint density at radius 3 is 2.00 bits per heavy atom. The second-order valence-corrected chi connectivity index (χ2v) is 3.45. The first-order valence-corrected chi connectivity index (χ1v) is 3.97. The van der Waals surface area contributed by atoms with Crippen LogP contribution in [0.15, 0.2) is 24.3 Å². The van der Waals surface area contributed by atoms with Gasteiger partial charge in [0.15, 0.2) is 0 Å². The van der Waals surface area contributed by atoms with Gasteiger partial charge < -0.3 is 4.74 Å². The molecule has 0 atom stereocenters. The SMILES string of the molecule is [B]C(C)(C)c1ccc(OC)cc1. The normalized spacial score (nSPS) is 11.2. The summed E-state index contributed by atoms with van der Waals surface area (Å²) in [4.78, 5) is 0. The van der Waals surface area contributed by atoms with Gasteiger partial charge in [0, 0.05) is 0 Å². The van der Waals surface area contributed by atoms with Gasteiger partial charge in [-0.1, -0.05) is 31.5 Å². The van der Waals surface area contributed by atoms with Crippen molar-refractivity contribution in [3.63, 3.8) is 0 Å². The smallest absolute Gasteiger partial charge is 0.118 e. The van der Waals surface area contributed by atoms with Crippen molar-refractivity contribution < 1.29 is 4.74 Å². The van der Waals surface area contributed by atoms with Crippen molar-refractivity contribution in [2.24, 2.45) is 0 Å². The van der Waals surface area contributed by atoms with E-state index in [0.29, 0.717) is 0 Å². The lowest BCUT2D eigenvalue weighted by atomic mass is 9.67. The summed E-state index contributed by atoms with van der Waals surface area (Å²) in [7, 11) is 7.56. The van der Waals surface area contributed by atoms with Crippen molar-refractivity contribution in [3.05, 3.63) is 29.8 Å². The summed E-state index contributed by atoms with van der Waals surface area (Å²) >= 11 is 0. The van der Waals surface area contributed by atoms with E-state index in [1.165, 1.54) is 0 Å². The highest BCUT2D eigenvalue weighted by Gasteiger charge is 2.12. The van der Waals surface area contributed by atoms with Crippen molar-refractivity contribution in [1.82, 2.24) is 0 Å². The topological polar surface area (TPSA) is 9.23 Å². The molecule has 0 spiro atoms. The van der Waals surface area contributed by atoms with E-state index >= 15 is 0 Å². The highest BCUT2D eigenvalue weighted by Crippen LogP contribution is 2.21. The van der Waals surface area contributed by atoms with E-state index < -0.39 is 0 Å². The quantitative estimate of drug-likeness (QED) is 0.602. The van der Waals surface area contributed by atoms with Crippen molar-refractivity contribution >= 4 is 7.85 Å². The van der Waals surface area contributed by atoms with Gasteiger partial charge >= 0.3 is 0 Å². The lowest BCUT2D eigenvalue weighted by molar-refractivity contribution is 0.414. The molecule has 0 saturated heterocycles. The Kier molecular flexibility index (Phi) is 2.46. The summed E-state index contributed by atoms with van der Waals surface area (Å²) in [6, 6.07) is 7.81. The highest BCUT2D eigenvalue weighted by molar-refractivity contribution is 6.15. The van der Waals surface area contributed by atoms with Gasteiger partial charge in [0.1, 0.15) is 5.75 Å². The van der Waals surface area contributed by atoms with Gasteiger partial charge in [-0.15, -0.1) is 0 Å². The van der Waals surface area contributed by atoms with Gasteiger partial charge in [-0.05, 0) is 17.4 Å². The van der Waals surface area contributed by atoms with E-state index in [-0.39, 0.29) is 5.31 Å². The molecular formula is C10H13BO. The van der Waals surface area contributed by atoms with Crippen LogP contribution in [0.5, 0.6) is 5.75 Å². The molecule has 0 amide bonds. The van der Waals surface area contributed by atoms with Crippen LogP contribution in [-0.4, -0.2) is 15.0 Å². The van der Waals surface area contributed by atoms with Gasteiger partial charge in [-0.3, -0.25) is 0 Å². The van der Waals surface area contributed by atoms with E-state index in [4.69, 9.17) is 12.6 Å². The predicted molar refractivity (Wildman–Crippen MR) is 51.8 cm³/mol. The first kappa shape index (κ1) is 9.18. The van der Waals surface area contributed by atoms with Crippen molar-refractivity contribution in [2.75, 3.05) is 7.11 Å². The largest absolute Gasteiger partial charge is 0.497 e. The number of hydrogen-bond acceptors (Lipinski definition) is 1. The molecule has 62 valence electrons. The molecule has 0 aliphatic carbocycles. The Bertz CT molecular complexity index is 246. The van der Waals surface area contributed by atoms with Crippen LogP contribution < -0.4 is 4.74 Å². The summed E-state index contributed by atoms with van der Waals surface area (Å²) in [6.07, 6.45) is 0. The third-order valence-corrected chi connectivity index (χ3v) is 1.83. The average Bonchev–Trinajstić information content (AvgIpc) is 2.03. The van der Waals surface area contributed by atoms with Crippen molar-refractivity contribution in [2.45, 2.75) is 19.2 Å². The summed E-state index contributed by atoms with van der Waals surface area (Å²) < 4.78 is 5.04. The van der Waals surface area contributed by atoms with Crippen LogP contribution in [0.25, 0.3) is 0 Å². The third kappa shape index (κ3) is 2.03. The lowest BCUT2D eigenvalue weighted by Gasteiger charge is -2.19. The zero-order valence-corrected chi connectivity index (χ0v) is 7.79. The molecule has 1 rings (SSSR count). The molecule has 1 aromatic carbocycles. The Morgan fingerprint density at radius 1 is 1.17 bits per heavy atom. The molecule has 0 unspecified atom stereocenters. The Labute approximate surface area is 75.2 Å². The van der Waals surface area contributed by atoms with E-state index in [1.54, 1.807) is 7.11 Å². The summed E-state index contributed by atoms with van der Waals surface area (Å²) in [5.41, 5.74) is 1.11. The van der Waals surface area contributed by atoms with Crippen LogP contribution in [0.3, 0.4) is 0 Å². The third-order valence-electron chi connectivity index (χ3n) is 1.83. The molecule has 1 aromatic rings. The number of benzene rings is 1. The van der Waals surface area contributed by atoms with Crippen molar-refractivity contribution in [1.29, 1.82) is 0 Å². The first-order chi connectivity index (χ1) is 5.54. The van der Waals surface area contributed by atoms with Gasteiger partial charge in [0.05, 0.1) is 15.0 Å². The van der Waals surface area contributed by atoms with Crippen molar-refractivity contribution in [3.8, 4) is 5.75 Å². The monoisotopic (exact) mass is 160 g/mol. The van der Waals surface area contributed by atoms with Crippen LogP contribution in [-0.2, 0) is 5.31 Å². The van der Waals surface area contributed by atoms with Gasteiger partial charge in [0.25, 0.3) is 0 Å². The molecule has 0 heterocycles. The van der Waals surface area contributed by atoms with Crippen LogP contribution in [0.1, 0.15) is 19.4 Å². The van der Waals surface area contributed by atoms with Crippen LogP contribution in [0.2, 0.25) is 0 Å². The molecule has 0 aliphatic rings. The molecule has 0 N–H and O–H groups in total. The summed E-state index contributed by atoms with van der Waals surface area (Å²) in [5.74, 6) is 0.864. The van der Waals surface area contributed by atoms with E-state index in [2.05, 4.69) is 0 Å². The second kappa shape index (κ2) is 3.22. The molecule has 0 saturated carbocycles. The molecular weight excluding hydrogens is 147 g/mol. The molecule has 0 aliphatic heterocycles. The fourth-order valence-corrected chi connectivity index (χ4v) is 1.02. The zero-order valence-electron chi connectivity index (χ0n) is 7.79. The molecule has 0 aromatic heterocycles. The van der Waals surface area contributed by atoms with Crippen LogP contribution in [0.4, 0.5) is 0 Å². The Morgan fingerprint density at radius 2 is 1.67 bits per heavy atom. The lowest BCUT2D eigenvalue weighted by Crippen LogP contribution is -2.16. The van der Waals surface area contributed by atoms with E-state index in [9.17, 15) is 0 Å². The fraction of sp³-hybridized carbons (Fsp3) is 0.400. The molecule has 0 bridgehead atoms. The number of hydrogen-bond donors (Lipinski definition) is 0. The Balaban J connectivity index is 2.93. The van der Waals surface area contributed by atoms with Crippen LogP contribution >= 0.6 is 0 Å². The van der Waals surface area contributed by atoms with Crippen LogP contribution in [0, 0.1) is 0 Å². The first-order valence-electron chi connectivity index (χ1n) is 3.97. The summed E-state index contributed by atoms with van der Waals surface area (Å²) in [6.45, 7) is 3.96. The summed E-state index contributed by atoms with van der Waals surface area (Å²) in [5, 5.41) is -0.272. The Hall–Kier alpha value is -0.915. The molecule has 2 radical (unpaired) electrons. The maximum Gasteiger partial charge on any atom is 0.118 e. The number of methoxy groups -OCH3 is 1. The predicted octanol–water partition coefficient (Wildman–Crippen LogP) is 2.10. The minimum Gasteiger partial charge on any atom is -0.497 e. The maximum atomic E-state index is 5.91. The average molecular weight is 160 g/mol. The maximum absolute atomic E-state index is 5.91. The second-order valence-electron chi connectivity index (χ2n) is 3.45. The molecule has 2 heteroatoms. The standard InChI is InChI=1S/C10H13BO/c1-10(2,11)8-4-6-9(12-3)7-5-8/h4-7H,1-3H3.